The van der Waals surface area contributed by atoms with E-state index in [4.69, 9.17) is 9.72 Å². The normalized spacial score (nSPS) is 19.0. The monoisotopic (exact) mass is 289 g/mol. The summed E-state index contributed by atoms with van der Waals surface area (Å²) in [6.07, 6.45) is 2.33. The lowest BCUT2D eigenvalue weighted by atomic mass is 9.99. The molecule has 5 nitrogen and oxygen atoms in total. The van der Waals surface area contributed by atoms with Gasteiger partial charge in [-0.1, -0.05) is 0 Å². The number of rotatable bonds is 5. The van der Waals surface area contributed by atoms with Gasteiger partial charge in [0.2, 0.25) is 0 Å². The number of fused-ring (bicyclic) bond motifs is 1. The lowest BCUT2D eigenvalue weighted by Gasteiger charge is -2.23. The van der Waals surface area contributed by atoms with Crippen molar-refractivity contribution < 1.29 is 9.84 Å². The van der Waals surface area contributed by atoms with Gasteiger partial charge in [-0.3, -0.25) is 0 Å². The van der Waals surface area contributed by atoms with Gasteiger partial charge in [0.05, 0.1) is 24.2 Å². The molecule has 5 heteroatoms. The Morgan fingerprint density at radius 3 is 3.10 bits per heavy atom. The summed E-state index contributed by atoms with van der Waals surface area (Å²) < 4.78 is 7.71. The number of hydrogen-bond acceptors (Lipinski definition) is 4. The zero-order chi connectivity index (χ0) is 14.7. The highest BCUT2D eigenvalue weighted by Gasteiger charge is 2.22. The van der Waals surface area contributed by atoms with Crippen molar-refractivity contribution in [3.05, 3.63) is 24.0 Å². The van der Waals surface area contributed by atoms with Gasteiger partial charge in [-0.15, -0.1) is 0 Å². The molecule has 2 N–H and O–H groups in total. The third-order valence-corrected chi connectivity index (χ3v) is 4.05. The minimum atomic E-state index is 0.131. The molecule has 1 aromatic heterocycles. The average molecular weight is 289 g/mol. The summed E-state index contributed by atoms with van der Waals surface area (Å²) in [4.78, 5) is 4.83. The summed E-state index contributed by atoms with van der Waals surface area (Å²) in [7, 11) is 0. The second-order valence-electron chi connectivity index (χ2n) is 5.47. The van der Waals surface area contributed by atoms with Crippen molar-refractivity contribution in [1.29, 1.82) is 0 Å². The van der Waals surface area contributed by atoms with Crippen molar-refractivity contribution in [2.45, 2.75) is 32.2 Å². The lowest BCUT2D eigenvalue weighted by molar-refractivity contribution is 0.273. The van der Waals surface area contributed by atoms with E-state index in [1.807, 2.05) is 25.1 Å². The van der Waals surface area contributed by atoms with E-state index in [9.17, 15) is 5.11 Å². The van der Waals surface area contributed by atoms with Crippen LogP contribution in [-0.2, 0) is 6.54 Å². The molecule has 1 saturated heterocycles. The summed E-state index contributed by atoms with van der Waals surface area (Å²) >= 11 is 0. The van der Waals surface area contributed by atoms with E-state index in [1.165, 1.54) is 6.42 Å². The van der Waals surface area contributed by atoms with E-state index < -0.39 is 0 Å². The van der Waals surface area contributed by atoms with Gasteiger partial charge in [0.15, 0.2) is 0 Å². The fraction of sp³-hybridized carbons (Fsp3) is 0.562. The molecule has 1 aromatic carbocycles. The summed E-state index contributed by atoms with van der Waals surface area (Å²) in [5.74, 6) is 2.36. The summed E-state index contributed by atoms with van der Waals surface area (Å²) in [5.41, 5.74) is 2.03. The Morgan fingerprint density at radius 1 is 1.48 bits per heavy atom. The molecule has 2 heterocycles. The Morgan fingerprint density at radius 2 is 2.38 bits per heavy atom. The highest BCUT2D eigenvalue weighted by molar-refractivity contribution is 5.78. The zero-order valence-electron chi connectivity index (χ0n) is 12.5. The van der Waals surface area contributed by atoms with E-state index in [0.29, 0.717) is 19.1 Å². The topological polar surface area (TPSA) is 59.3 Å². The third-order valence-electron chi connectivity index (χ3n) is 4.05. The van der Waals surface area contributed by atoms with Gasteiger partial charge in [0, 0.05) is 25.1 Å². The van der Waals surface area contributed by atoms with Gasteiger partial charge < -0.3 is 19.7 Å². The first kappa shape index (κ1) is 14.4. The average Bonchev–Trinajstić information content (AvgIpc) is 2.87. The minimum Gasteiger partial charge on any atom is -0.494 e. The van der Waals surface area contributed by atoms with Crippen LogP contribution in [0.4, 0.5) is 0 Å². The molecule has 0 amide bonds. The smallest absolute Gasteiger partial charge is 0.121 e. The lowest BCUT2D eigenvalue weighted by Crippen LogP contribution is -2.30. The molecule has 1 unspecified atom stereocenters. The second-order valence-corrected chi connectivity index (χ2v) is 5.47. The van der Waals surface area contributed by atoms with Crippen LogP contribution in [0.1, 0.15) is 31.5 Å². The van der Waals surface area contributed by atoms with Crippen molar-refractivity contribution in [2.75, 3.05) is 26.3 Å². The largest absolute Gasteiger partial charge is 0.494 e. The van der Waals surface area contributed by atoms with E-state index >= 15 is 0 Å². The molecule has 1 aliphatic rings. The van der Waals surface area contributed by atoms with Gasteiger partial charge in [-0.25, -0.2) is 4.98 Å². The molecule has 1 fully saturated rings. The summed E-state index contributed by atoms with van der Waals surface area (Å²) in [5, 5.41) is 12.8. The molecule has 3 rings (SSSR count). The quantitative estimate of drug-likeness (QED) is 0.882. The summed E-state index contributed by atoms with van der Waals surface area (Å²) in [6, 6.07) is 6.01. The van der Waals surface area contributed by atoms with E-state index in [1.54, 1.807) is 0 Å². The maximum Gasteiger partial charge on any atom is 0.121 e. The molecule has 1 aliphatic heterocycles. The number of aliphatic hydroxyl groups excluding tert-OH is 1. The first-order chi connectivity index (χ1) is 10.3. The zero-order valence-corrected chi connectivity index (χ0v) is 12.5. The number of imidazole rings is 1. The SMILES string of the molecule is CCOc1ccc2c(c1)nc(C1CCCNC1)n2CCO. The molecular formula is C16H23N3O2. The van der Waals surface area contributed by atoms with E-state index in [-0.39, 0.29) is 6.61 Å². The number of aliphatic hydroxyl groups is 1. The molecule has 0 aliphatic carbocycles. The van der Waals surface area contributed by atoms with Crippen LogP contribution in [0.3, 0.4) is 0 Å². The van der Waals surface area contributed by atoms with Crippen LogP contribution in [0, 0.1) is 0 Å². The van der Waals surface area contributed by atoms with Crippen LogP contribution >= 0.6 is 0 Å². The van der Waals surface area contributed by atoms with E-state index in [0.717, 1.165) is 42.1 Å². The molecule has 21 heavy (non-hydrogen) atoms. The van der Waals surface area contributed by atoms with Gasteiger partial charge in [0.1, 0.15) is 11.6 Å². The molecule has 0 saturated carbocycles. The molecule has 114 valence electrons. The molecule has 2 aromatic rings. The van der Waals surface area contributed by atoms with Gasteiger partial charge in [-0.2, -0.15) is 0 Å². The highest BCUT2D eigenvalue weighted by atomic mass is 16.5. The van der Waals surface area contributed by atoms with Crippen LogP contribution in [0.2, 0.25) is 0 Å². The van der Waals surface area contributed by atoms with Gasteiger partial charge in [0.25, 0.3) is 0 Å². The Balaban J connectivity index is 2.02. The fourth-order valence-electron chi connectivity index (χ4n) is 3.10. The van der Waals surface area contributed by atoms with Crippen molar-refractivity contribution in [2.24, 2.45) is 0 Å². The summed E-state index contributed by atoms with van der Waals surface area (Å²) in [6.45, 7) is 5.41. The number of piperidine rings is 1. The van der Waals surface area contributed by atoms with Crippen molar-refractivity contribution in [1.82, 2.24) is 14.9 Å². The minimum absolute atomic E-state index is 0.131. The predicted octanol–water partition coefficient (Wildman–Crippen LogP) is 1.89. The molecule has 0 bridgehead atoms. The fourth-order valence-corrected chi connectivity index (χ4v) is 3.10. The standard InChI is InChI=1S/C16H23N3O2/c1-2-21-13-5-6-15-14(10-13)18-16(19(15)8-9-20)12-4-3-7-17-11-12/h5-6,10,12,17,20H,2-4,7-9,11H2,1H3. The highest BCUT2D eigenvalue weighted by Crippen LogP contribution is 2.28. The van der Waals surface area contributed by atoms with Crippen LogP contribution in [-0.4, -0.2) is 41.0 Å². The van der Waals surface area contributed by atoms with Crippen molar-refractivity contribution in [3.63, 3.8) is 0 Å². The predicted molar refractivity (Wildman–Crippen MR) is 82.8 cm³/mol. The third kappa shape index (κ3) is 2.89. The Labute approximate surface area is 124 Å². The van der Waals surface area contributed by atoms with Crippen molar-refractivity contribution in [3.8, 4) is 5.75 Å². The van der Waals surface area contributed by atoms with Crippen LogP contribution in [0.25, 0.3) is 11.0 Å². The van der Waals surface area contributed by atoms with Crippen LogP contribution in [0.5, 0.6) is 5.75 Å². The van der Waals surface area contributed by atoms with Crippen molar-refractivity contribution >= 4 is 11.0 Å². The van der Waals surface area contributed by atoms with Crippen LogP contribution in [0.15, 0.2) is 18.2 Å². The number of aromatic nitrogens is 2. The maximum atomic E-state index is 9.37. The number of ether oxygens (including phenoxy) is 1. The van der Waals surface area contributed by atoms with Gasteiger partial charge >= 0.3 is 0 Å². The number of benzene rings is 1. The number of nitrogens with zero attached hydrogens (tertiary/aromatic N) is 2. The number of nitrogens with one attached hydrogen (secondary N) is 1. The van der Waals surface area contributed by atoms with E-state index in [2.05, 4.69) is 9.88 Å². The van der Waals surface area contributed by atoms with Gasteiger partial charge in [-0.05, 0) is 38.4 Å². The number of hydrogen-bond donors (Lipinski definition) is 2. The molecule has 1 atom stereocenters. The second kappa shape index (κ2) is 6.45. The Kier molecular flexibility index (Phi) is 4.41. The van der Waals surface area contributed by atoms with Crippen LogP contribution < -0.4 is 10.1 Å². The molecule has 0 spiro atoms. The first-order valence-electron chi connectivity index (χ1n) is 7.78. The molecule has 0 radical (unpaired) electrons. The Hall–Kier alpha value is -1.59. The Bertz CT molecular complexity index is 603. The first-order valence-corrected chi connectivity index (χ1v) is 7.78. The maximum absolute atomic E-state index is 9.37. The molecular weight excluding hydrogens is 266 g/mol.